The second-order valence-electron chi connectivity index (χ2n) is 4.44. The maximum Gasteiger partial charge on any atom is 0.123 e. The van der Waals surface area contributed by atoms with E-state index in [1.165, 1.54) is 23.5 Å². The summed E-state index contributed by atoms with van der Waals surface area (Å²) in [5.74, 6) is -0.706. The molecule has 2 aromatic rings. The molecule has 3 N–H and O–H groups in total. The minimum Gasteiger partial charge on any atom is -0.387 e. The van der Waals surface area contributed by atoms with E-state index < -0.39 is 6.10 Å². The van der Waals surface area contributed by atoms with E-state index in [1.54, 1.807) is 12.1 Å². The fourth-order valence-electron chi connectivity index (χ4n) is 2.02. The standard InChI is InChI=1S/C14H15ClFNOS/c1-8-7-19-14(12(8)15)13(18)11(6-17)9-3-2-4-10(16)5-9/h2-5,7,11,13,18H,6,17H2,1H3. The lowest BCUT2D eigenvalue weighted by molar-refractivity contribution is 0.151. The lowest BCUT2D eigenvalue weighted by atomic mass is 9.92. The van der Waals surface area contributed by atoms with Crippen LogP contribution >= 0.6 is 22.9 Å². The van der Waals surface area contributed by atoms with Gasteiger partial charge in [-0.2, -0.15) is 0 Å². The molecule has 0 saturated heterocycles. The van der Waals surface area contributed by atoms with Crippen LogP contribution in [0.15, 0.2) is 29.6 Å². The fraction of sp³-hybridized carbons (Fsp3) is 0.286. The number of hydrogen-bond acceptors (Lipinski definition) is 3. The van der Waals surface area contributed by atoms with E-state index in [0.717, 1.165) is 5.56 Å². The van der Waals surface area contributed by atoms with Crippen LogP contribution in [0.2, 0.25) is 5.02 Å². The Morgan fingerprint density at radius 2 is 2.21 bits per heavy atom. The minimum absolute atomic E-state index is 0.220. The molecule has 2 unspecified atom stereocenters. The summed E-state index contributed by atoms with van der Waals surface area (Å²) in [5, 5.41) is 12.9. The van der Waals surface area contributed by atoms with Gasteiger partial charge in [-0.05, 0) is 35.6 Å². The number of nitrogens with two attached hydrogens (primary N) is 1. The molecule has 1 heterocycles. The summed E-state index contributed by atoms with van der Waals surface area (Å²) in [7, 11) is 0. The van der Waals surface area contributed by atoms with Gasteiger partial charge in [-0.3, -0.25) is 0 Å². The number of rotatable bonds is 4. The van der Waals surface area contributed by atoms with E-state index in [1.807, 2.05) is 12.3 Å². The highest BCUT2D eigenvalue weighted by atomic mass is 35.5. The molecule has 2 nitrogen and oxygen atoms in total. The molecular weight excluding hydrogens is 285 g/mol. The molecule has 1 aromatic heterocycles. The van der Waals surface area contributed by atoms with Crippen LogP contribution < -0.4 is 5.73 Å². The summed E-state index contributed by atoms with van der Waals surface area (Å²) in [5.41, 5.74) is 7.33. The Labute approximate surface area is 120 Å². The number of halogens is 2. The number of aryl methyl sites for hydroxylation is 1. The van der Waals surface area contributed by atoms with Crippen LogP contribution in [0.5, 0.6) is 0 Å². The Morgan fingerprint density at radius 1 is 1.47 bits per heavy atom. The summed E-state index contributed by atoms with van der Waals surface area (Å²) >= 11 is 7.55. The van der Waals surface area contributed by atoms with Gasteiger partial charge >= 0.3 is 0 Å². The highest BCUT2D eigenvalue weighted by Gasteiger charge is 2.25. The maximum absolute atomic E-state index is 13.3. The first kappa shape index (κ1) is 14.5. The van der Waals surface area contributed by atoms with Gasteiger partial charge in [0.2, 0.25) is 0 Å². The van der Waals surface area contributed by atoms with Gasteiger partial charge in [0.25, 0.3) is 0 Å². The lowest BCUT2D eigenvalue weighted by Gasteiger charge is -2.21. The Kier molecular flexibility index (Phi) is 4.58. The third-order valence-electron chi connectivity index (χ3n) is 3.11. The molecule has 2 atom stereocenters. The van der Waals surface area contributed by atoms with Gasteiger partial charge in [0.1, 0.15) is 5.82 Å². The lowest BCUT2D eigenvalue weighted by Crippen LogP contribution is -2.20. The quantitative estimate of drug-likeness (QED) is 0.905. The molecule has 0 spiro atoms. The topological polar surface area (TPSA) is 46.2 Å². The molecule has 19 heavy (non-hydrogen) atoms. The Morgan fingerprint density at radius 3 is 2.74 bits per heavy atom. The minimum atomic E-state index is -0.821. The van der Waals surface area contributed by atoms with Crippen LogP contribution in [0.25, 0.3) is 0 Å². The first-order chi connectivity index (χ1) is 9.04. The van der Waals surface area contributed by atoms with Crippen molar-refractivity contribution < 1.29 is 9.50 Å². The molecule has 0 fully saturated rings. The second-order valence-corrected chi connectivity index (χ2v) is 5.73. The second kappa shape index (κ2) is 6.01. The van der Waals surface area contributed by atoms with E-state index in [4.69, 9.17) is 17.3 Å². The third-order valence-corrected chi connectivity index (χ3v) is 4.89. The van der Waals surface area contributed by atoms with Gasteiger partial charge in [0, 0.05) is 12.5 Å². The van der Waals surface area contributed by atoms with Crippen LogP contribution in [-0.2, 0) is 0 Å². The summed E-state index contributed by atoms with van der Waals surface area (Å²) in [4.78, 5) is 0.680. The molecule has 0 saturated carbocycles. The van der Waals surface area contributed by atoms with E-state index >= 15 is 0 Å². The van der Waals surface area contributed by atoms with E-state index in [9.17, 15) is 9.50 Å². The maximum atomic E-state index is 13.3. The van der Waals surface area contributed by atoms with Crippen molar-refractivity contribution in [2.75, 3.05) is 6.54 Å². The molecule has 2 rings (SSSR count). The smallest absolute Gasteiger partial charge is 0.123 e. The molecule has 0 bridgehead atoms. The zero-order valence-electron chi connectivity index (χ0n) is 10.4. The first-order valence-electron chi connectivity index (χ1n) is 5.91. The van der Waals surface area contributed by atoms with E-state index in [0.29, 0.717) is 15.5 Å². The average molecular weight is 300 g/mol. The number of aliphatic hydroxyl groups excluding tert-OH is 1. The van der Waals surface area contributed by atoms with Crippen molar-refractivity contribution in [2.24, 2.45) is 5.73 Å². The third kappa shape index (κ3) is 2.98. The van der Waals surface area contributed by atoms with Gasteiger partial charge in [-0.25, -0.2) is 4.39 Å². The van der Waals surface area contributed by atoms with Crippen molar-refractivity contribution >= 4 is 22.9 Å². The molecule has 5 heteroatoms. The fourth-order valence-corrected chi connectivity index (χ4v) is 3.37. The van der Waals surface area contributed by atoms with Gasteiger partial charge in [-0.15, -0.1) is 11.3 Å². The van der Waals surface area contributed by atoms with Gasteiger partial charge in [0.15, 0.2) is 0 Å². The Bertz CT molecular complexity index is 572. The highest BCUT2D eigenvalue weighted by Crippen LogP contribution is 2.39. The van der Waals surface area contributed by atoms with Crippen LogP contribution in [0.3, 0.4) is 0 Å². The zero-order chi connectivity index (χ0) is 14.0. The number of hydrogen-bond donors (Lipinski definition) is 2. The van der Waals surface area contributed by atoms with Gasteiger partial charge < -0.3 is 10.8 Å². The highest BCUT2D eigenvalue weighted by molar-refractivity contribution is 7.10. The first-order valence-corrected chi connectivity index (χ1v) is 7.17. The van der Waals surface area contributed by atoms with Gasteiger partial charge in [-0.1, -0.05) is 23.7 Å². The van der Waals surface area contributed by atoms with Gasteiger partial charge in [0.05, 0.1) is 16.0 Å². The summed E-state index contributed by atoms with van der Waals surface area (Å²) < 4.78 is 13.3. The molecule has 0 radical (unpaired) electrons. The summed E-state index contributed by atoms with van der Waals surface area (Å²) in [6.45, 7) is 2.10. The summed E-state index contributed by atoms with van der Waals surface area (Å²) in [6.07, 6.45) is -0.821. The van der Waals surface area contributed by atoms with Crippen molar-refractivity contribution in [3.63, 3.8) is 0 Å². The average Bonchev–Trinajstić information content (AvgIpc) is 2.71. The number of aliphatic hydroxyl groups is 1. The molecule has 0 aliphatic carbocycles. The SMILES string of the molecule is Cc1csc(C(O)C(CN)c2cccc(F)c2)c1Cl. The molecule has 0 aliphatic rings. The van der Waals surface area contributed by atoms with Crippen LogP contribution in [0.1, 0.15) is 28.0 Å². The van der Waals surface area contributed by atoms with Crippen LogP contribution in [0.4, 0.5) is 4.39 Å². The number of thiophene rings is 1. The molecule has 0 amide bonds. The number of benzene rings is 1. The van der Waals surface area contributed by atoms with E-state index in [2.05, 4.69) is 0 Å². The van der Waals surface area contributed by atoms with Crippen molar-refractivity contribution in [3.05, 3.63) is 56.5 Å². The molecule has 0 aliphatic heterocycles. The molecule has 1 aromatic carbocycles. The van der Waals surface area contributed by atoms with Crippen LogP contribution in [0, 0.1) is 12.7 Å². The van der Waals surface area contributed by atoms with Crippen molar-refractivity contribution in [1.29, 1.82) is 0 Å². The van der Waals surface area contributed by atoms with Crippen molar-refractivity contribution in [1.82, 2.24) is 0 Å². The predicted molar refractivity (Wildman–Crippen MR) is 77.2 cm³/mol. The van der Waals surface area contributed by atoms with Crippen LogP contribution in [-0.4, -0.2) is 11.7 Å². The zero-order valence-corrected chi connectivity index (χ0v) is 12.0. The normalized spacial score (nSPS) is 14.4. The van der Waals surface area contributed by atoms with Crippen molar-refractivity contribution in [2.45, 2.75) is 18.9 Å². The molecular formula is C14H15ClFNOS. The largest absolute Gasteiger partial charge is 0.387 e. The summed E-state index contributed by atoms with van der Waals surface area (Å²) in [6, 6.07) is 6.14. The Hall–Kier alpha value is -0.940. The molecule has 102 valence electrons. The monoisotopic (exact) mass is 299 g/mol. The Balaban J connectivity index is 2.34. The van der Waals surface area contributed by atoms with E-state index in [-0.39, 0.29) is 18.3 Å². The predicted octanol–water partition coefficient (Wildman–Crippen LogP) is 3.62. The van der Waals surface area contributed by atoms with Crippen molar-refractivity contribution in [3.8, 4) is 0 Å².